The fourth-order valence-corrected chi connectivity index (χ4v) is 3.77. The number of aryl methyl sites for hydroxylation is 1. The van der Waals surface area contributed by atoms with Gasteiger partial charge in [-0.15, -0.1) is 5.10 Å². The summed E-state index contributed by atoms with van der Waals surface area (Å²) in [6.45, 7) is 7.04. The predicted octanol–water partition coefficient (Wildman–Crippen LogP) is 1.37. The summed E-state index contributed by atoms with van der Waals surface area (Å²) in [5.74, 6) is 1.28. The molecular formula is C23H35N3O6. The molecule has 4 atom stereocenters. The van der Waals surface area contributed by atoms with Gasteiger partial charge in [0.25, 0.3) is 0 Å². The molecule has 0 amide bonds. The summed E-state index contributed by atoms with van der Waals surface area (Å²) < 4.78 is 17.3. The second-order valence-corrected chi connectivity index (χ2v) is 8.55. The number of benzene rings is 1. The summed E-state index contributed by atoms with van der Waals surface area (Å²) in [5.41, 5.74) is 9.46. The zero-order valence-corrected chi connectivity index (χ0v) is 19.0. The molecule has 9 nitrogen and oxygen atoms in total. The lowest BCUT2D eigenvalue weighted by molar-refractivity contribution is -0.241. The van der Waals surface area contributed by atoms with Crippen molar-refractivity contribution in [2.24, 2.45) is 5.73 Å². The summed E-state index contributed by atoms with van der Waals surface area (Å²) in [4.78, 5) is 0. The molecule has 9 heteroatoms. The monoisotopic (exact) mass is 449 g/mol. The molecule has 178 valence electrons. The van der Waals surface area contributed by atoms with E-state index in [0.717, 1.165) is 34.6 Å². The Balaban J connectivity index is 1.81. The second kappa shape index (κ2) is 11.1. The highest BCUT2D eigenvalue weighted by Gasteiger charge is 2.39. The fourth-order valence-electron chi connectivity index (χ4n) is 3.77. The molecule has 1 aliphatic heterocycles. The van der Waals surface area contributed by atoms with Gasteiger partial charge in [-0.05, 0) is 49.1 Å². The van der Waals surface area contributed by atoms with E-state index in [9.17, 15) is 15.3 Å². The average Bonchev–Trinajstić information content (AvgIpc) is 3.15. The lowest BCUT2D eigenvalue weighted by Crippen LogP contribution is -2.51. The number of aliphatic hydroxyl groups excluding tert-OH is 3. The Morgan fingerprint density at radius 3 is 2.75 bits per heavy atom. The number of nitrogens with two attached hydrogens (primary N) is 1. The van der Waals surface area contributed by atoms with Crippen LogP contribution >= 0.6 is 0 Å². The van der Waals surface area contributed by atoms with Gasteiger partial charge in [0, 0.05) is 24.1 Å². The van der Waals surface area contributed by atoms with Crippen LogP contribution in [0.3, 0.4) is 0 Å². The van der Waals surface area contributed by atoms with E-state index >= 15 is 0 Å². The van der Waals surface area contributed by atoms with Crippen molar-refractivity contribution in [2.45, 2.75) is 70.6 Å². The number of rotatable bonds is 10. The van der Waals surface area contributed by atoms with E-state index in [1.165, 1.54) is 0 Å². The van der Waals surface area contributed by atoms with Gasteiger partial charge in [-0.2, -0.15) is 0 Å². The molecule has 0 unspecified atom stereocenters. The zero-order chi connectivity index (χ0) is 23.3. The van der Waals surface area contributed by atoms with Gasteiger partial charge in [0.15, 0.2) is 0 Å². The summed E-state index contributed by atoms with van der Waals surface area (Å²) in [6, 6.07) is 5.95. The third-order valence-electron chi connectivity index (χ3n) is 5.67. The number of nitrogens with zero attached hydrogens (tertiary/aromatic N) is 1. The molecule has 1 aromatic carbocycles. The Morgan fingerprint density at radius 1 is 1.31 bits per heavy atom. The third kappa shape index (κ3) is 5.79. The molecule has 1 aromatic heterocycles. The maximum absolute atomic E-state index is 10.3. The molecular weight excluding hydrogens is 414 g/mol. The molecule has 1 saturated heterocycles. The largest absolute Gasteiger partial charge is 0.494 e. The van der Waals surface area contributed by atoms with E-state index < -0.39 is 24.6 Å². The van der Waals surface area contributed by atoms with Gasteiger partial charge in [-0.1, -0.05) is 19.9 Å². The third-order valence-corrected chi connectivity index (χ3v) is 5.67. The van der Waals surface area contributed by atoms with Crippen LogP contribution in [0.2, 0.25) is 0 Å². The van der Waals surface area contributed by atoms with Crippen molar-refractivity contribution in [1.82, 2.24) is 10.2 Å². The lowest BCUT2D eigenvalue weighted by Gasteiger charge is -2.35. The van der Waals surface area contributed by atoms with E-state index in [2.05, 4.69) is 24.0 Å². The molecule has 0 aliphatic carbocycles. The van der Waals surface area contributed by atoms with E-state index in [-0.39, 0.29) is 18.9 Å². The fraction of sp³-hybridized carbons (Fsp3) is 0.609. The number of hydrogen-bond donors (Lipinski definition) is 5. The first kappa shape index (κ1) is 24.5. The Morgan fingerprint density at radius 2 is 2.09 bits per heavy atom. The molecule has 0 radical (unpaired) electrons. The van der Waals surface area contributed by atoms with Crippen LogP contribution in [0.4, 0.5) is 0 Å². The molecule has 2 heterocycles. The van der Waals surface area contributed by atoms with Crippen LogP contribution < -0.4 is 15.2 Å². The van der Waals surface area contributed by atoms with Crippen molar-refractivity contribution in [3.8, 4) is 11.6 Å². The van der Waals surface area contributed by atoms with Crippen LogP contribution in [0.5, 0.6) is 11.6 Å². The first-order valence-electron chi connectivity index (χ1n) is 11.1. The first-order chi connectivity index (χ1) is 15.3. The normalized spacial score (nSPS) is 23.5. The van der Waals surface area contributed by atoms with Gasteiger partial charge < -0.3 is 35.3 Å². The van der Waals surface area contributed by atoms with Crippen molar-refractivity contribution >= 4 is 0 Å². The van der Waals surface area contributed by atoms with Crippen LogP contribution in [-0.4, -0.2) is 69.9 Å². The number of aromatic amines is 1. The van der Waals surface area contributed by atoms with Crippen LogP contribution in [-0.2, 0) is 11.2 Å². The van der Waals surface area contributed by atoms with Gasteiger partial charge >= 0.3 is 0 Å². The van der Waals surface area contributed by atoms with Crippen LogP contribution in [0, 0.1) is 6.92 Å². The van der Waals surface area contributed by atoms with Crippen molar-refractivity contribution in [3.05, 3.63) is 40.6 Å². The number of aromatic nitrogens is 2. The summed E-state index contributed by atoms with van der Waals surface area (Å²) >= 11 is 0. The van der Waals surface area contributed by atoms with Crippen molar-refractivity contribution < 1.29 is 29.5 Å². The second-order valence-electron chi connectivity index (χ2n) is 8.55. The first-order valence-corrected chi connectivity index (χ1v) is 11.1. The Hall–Kier alpha value is -2.17. The maximum Gasteiger partial charge on any atom is 0.238 e. The minimum absolute atomic E-state index is 0.140. The number of nitrogens with one attached hydrogen (secondary N) is 1. The Labute approximate surface area is 188 Å². The van der Waals surface area contributed by atoms with Gasteiger partial charge in [0.1, 0.15) is 11.9 Å². The smallest absolute Gasteiger partial charge is 0.238 e. The highest BCUT2D eigenvalue weighted by atomic mass is 16.7. The molecule has 1 aliphatic rings. The molecule has 0 saturated carbocycles. The number of hydrogen-bond acceptors (Lipinski definition) is 8. The van der Waals surface area contributed by atoms with Gasteiger partial charge in [0.05, 0.1) is 25.4 Å². The molecule has 2 aromatic rings. The zero-order valence-electron chi connectivity index (χ0n) is 19.0. The van der Waals surface area contributed by atoms with E-state index in [0.29, 0.717) is 25.5 Å². The van der Waals surface area contributed by atoms with Crippen LogP contribution in [0.1, 0.15) is 55.0 Å². The Kier molecular flexibility index (Phi) is 8.50. The highest BCUT2D eigenvalue weighted by molar-refractivity contribution is 5.42. The summed E-state index contributed by atoms with van der Waals surface area (Å²) in [6.07, 6.45) is -2.53. The average molecular weight is 450 g/mol. The Bertz CT molecular complexity index is 871. The van der Waals surface area contributed by atoms with Crippen LogP contribution in [0.15, 0.2) is 18.2 Å². The van der Waals surface area contributed by atoms with E-state index in [4.69, 9.17) is 19.9 Å². The van der Waals surface area contributed by atoms with Crippen LogP contribution in [0.25, 0.3) is 0 Å². The molecule has 1 fully saturated rings. The van der Waals surface area contributed by atoms with Gasteiger partial charge in [-0.25, -0.2) is 0 Å². The van der Waals surface area contributed by atoms with Crippen molar-refractivity contribution in [1.29, 1.82) is 0 Å². The van der Waals surface area contributed by atoms with Gasteiger partial charge in [0.2, 0.25) is 12.2 Å². The number of ether oxygens (including phenoxy) is 3. The number of H-pyrrole nitrogens is 1. The maximum atomic E-state index is 10.3. The minimum Gasteiger partial charge on any atom is -0.494 e. The molecule has 3 rings (SSSR count). The SMILES string of the molecule is Cc1cc(OCCCN)ccc1Cc1c(O[C@@H]2O[C@H](CO)C[C@H](O)[C@H]2O)n[nH]c1C(C)C. The van der Waals surface area contributed by atoms with E-state index in [1.807, 2.05) is 25.1 Å². The molecule has 6 N–H and O–H groups in total. The summed E-state index contributed by atoms with van der Waals surface area (Å²) in [7, 11) is 0. The summed E-state index contributed by atoms with van der Waals surface area (Å²) in [5, 5.41) is 37.2. The van der Waals surface area contributed by atoms with Crippen molar-refractivity contribution in [2.75, 3.05) is 19.8 Å². The van der Waals surface area contributed by atoms with Gasteiger partial charge in [-0.3, -0.25) is 5.10 Å². The lowest BCUT2D eigenvalue weighted by atomic mass is 9.97. The highest BCUT2D eigenvalue weighted by Crippen LogP contribution is 2.32. The predicted molar refractivity (Wildman–Crippen MR) is 119 cm³/mol. The minimum atomic E-state index is -1.24. The topological polar surface area (TPSA) is 143 Å². The van der Waals surface area contributed by atoms with Crippen molar-refractivity contribution in [3.63, 3.8) is 0 Å². The molecule has 0 spiro atoms. The molecule has 32 heavy (non-hydrogen) atoms. The molecule has 0 bridgehead atoms. The number of aliphatic hydroxyl groups is 3. The van der Waals surface area contributed by atoms with E-state index in [1.54, 1.807) is 0 Å². The quantitative estimate of drug-likeness (QED) is 0.342. The standard InChI is InChI=1S/C23H35N3O6/c1-13(2)20-18(10-15-5-6-16(9-14(15)3)30-8-4-7-24)22(26-25-20)32-23-21(29)19(28)11-17(12-27)31-23/h5-6,9,13,17,19,21,23,27-29H,4,7-8,10-12,24H2,1-3H3,(H,25,26)/t17-,19-,21+,23-/m0/s1.